The smallest absolute Gasteiger partial charge is 0.0558 e. The number of likely N-dealkylation sites (N-methyl/N-ethyl adjacent to an activating group) is 1. The molecule has 0 unspecified atom stereocenters. The van der Waals surface area contributed by atoms with Crippen LogP contribution in [0.3, 0.4) is 0 Å². The van der Waals surface area contributed by atoms with E-state index in [9.17, 15) is 0 Å². The lowest BCUT2D eigenvalue weighted by molar-refractivity contribution is 0.197. The molecule has 0 fully saturated rings. The molecular weight excluding hydrogens is 198 g/mol. The summed E-state index contributed by atoms with van der Waals surface area (Å²) < 4.78 is 0. The van der Waals surface area contributed by atoms with Gasteiger partial charge in [-0.1, -0.05) is 25.1 Å². The highest BCUT2D eigenvalue weighted by Gasteiger charge is 2.11. The van der Waals surface area contributed by atoms with Gasteiger partial charge in [0.2, 0.25) is 0 Å². The molecular formula is C14H21NO. The lowest BCUT2D eigenvalue weighted by atomic mass is 10.1. The van der Waals surface area contributed by atoms with E-state index < -0.39 is 0 Å². The second-order valence-electron chi connectivity index (χ2n) is 4.55. The first-order valence-corrected chi connectivity index (χ1v) is 6.27. The molecule has 1 aliphatic carbocycles. The van der Waals surface area contributed by atoms with Gasteiger partial charge in [0.15, 0.2) is 0 Å². The zero-order valence-electron chi connectivity index (χ0n) is 10.1. The Balaban J connectivity index is 2.04. The van der Waals surface area contributed by atoms with E-state index in [4.69, 9.17) is 5.11 Å². The molecule has 2 nitrogen and oxygen atoms in total. The van der Waals surface area contributed by atoms with E-state index in [1.165, 1.54) is 36.0 Å². The molecule has 0 saturated carbocycles. The number of fused-ring (bicyclic) bond motifs is 1. The van der Waals surface area contributed by atoms with E-state index in [0.717, 1.165) is 19.6 Å². The number of rotatable bonds is 5. The Morgan fingerprint density at radius 2 is 2.06 bits per heavy atom. The Kier molecular flexibility index (Phi) is 3.97. The van der Waals surface area contributed by atoms with Crippen molar-refractivity contribution in [1.82, 2.24) is 4.90 Å². The zero-order chi connectivity index (χ0) is 11.4. The summed E-state index contributed by atoms with van der Waals surface area (Å²) >= 11 is 0. The Morgan fingerprint density at radius 1 is 1.25 bits per heavy atom. The SMILES string of the molecule is CCN(CCO)Cc1ccc2c(c1)CCC2. The number of hydrogen-bond donors (Lipinski definition) is 1. The maximum atomic E-state index is 8.96. The van der Waals surface area contributed by atoms with Crippen LogP contribution >= 0.6 is 0 Å². The number of nitrogens with zero attached hydrogens (tertiary/aromatic N) is 1. The molecule has 0 radical (unpaired) electrons. The van der Waals surface area contributed by atoms with Gasteiger partial charge in [0, 0.05) is 13.1 Å². The van der Waals surface area contributed by atoms with Crippen LogP contribution in [0.15, 0.2) is 18.2 Å². The normalized spacial score (nSPS) is 14.4. The molecule has 16 heavy (non-hydrogen) atoms. The van der Waals surface area contributed by atoms with Crippen LogP contribution in [0.5, 0.6) is 0 Å². The largest absolute Gasteiger partial charge is 0.395 e. The molecule has 1 aromatic rings. The molecule has 1 aliphatic rings. The van der Waals surface area contributed by atoms with Gasteiger partial charge in [-0.2, -0.15) is 0 Å². The number of hydrogen-bond acceptors (Lipinski definition) is 2. The first-order chi connectivity index (χ1) is 7.83. The standard InChI is InChI=1S/C14H21NO/c1-2-15(8-9-16)11-12-6-7-13-4-3-5-14(13)10-12/h6-7,10,16H,2-5,8-9,11H2,1H3. The molecule has 0 aromatic heterocycles. The van der Waals surface area contributed by atoms with Crippen LogP contribution in [0.25, 0.3) is 0 Å². The molecule has 2 rings (SSSR count). The topological polar surface area (TPSA) is 23.5 Å². The molecule has 0 amide bonds. The third-order valence-corrected chi connectivity index (χ3v) is 3.43. The summed E-state index contributed by atoms with van der Waals surface area (Å²) in [4.78, 5) is 2.27. The van der Waals surface area contributed by atoms with Crippen LogP contribution in [0, 0.1) is 0 Å². The summed E-state index contributed by atoms with van der Waals surface area (Å²) in [5.74, 6) is 0. The first-order valence-electron chi connectivity index (χ1n) is 6.27. The van der Waals surface area contributed by atoms with Gasteiger partial charge in [-0.05, 0) is 42.5 Å². The van der Waals surface area contributed by atoms with Crippen molar-refractivity contribution < 1.29 is 5.11 Å². The van der Waals surface area contributed by atoms with Crippen LogP contribution in [0.2, 0.25) is 0 Å². The maximum Gasteiger partial charge on any atom is 0.0558 e. The van der Waals surface area contributed by atoms with E-state index >= 15 is 0 Å². The van der Waals surface area contributed by atoms with Crippen LogP contribution in [0.4, 0.5) is 0 Å². The third kappa shape index (κ3) is 2.63. The molecule has 0 bridgehead atoms. The summed E-state index contributed by atoms with van der Waals surface area (Å²) in [6.45, 7) is 5.12. The van der Waals surface area contributed by atoms with Crippen molar-refractivity contribution in [2.75, 3.05) is 19.7 Å². The highest BCUT2D eigenvalue weighted by molar-refractivity contribution is 5.35. The minimum absolute atomic E-state index is 0.249. The molecule has 2 heteroatoms. The van der Waals surface area contributed by atoms with Crippen molar-refractivity contribution >= 4 is 0 Å². The van der Waals surface area contributed by atoms with Gasteiger partial charge in [-0.15, -0.1) is 0 Å². The van der Waals surface area contributed by atoms with Crippen molar-refractivity contribution in [2.24, 2.45) is 0 Å². The second kappa shape index (κ2) is 5.46. The van der Waals surface area contributed by atoms with Gasteiger partial charge in [0.05, 0.1) is 6.61 Å². The minimum Gasteiger partial charge on any atom is -0.395 e. The van der Waals surface area contributed by atoms with Gasteiger partial charge >= 0.3 is 0 Å². The minimum atomic E-state index is 0.249. The Hall–Kier alpha value is -0.860. The van der Waals surface area contributed by atoms with Gasteiger partial charge in [0.25, 0.3) is 0 Å². The van der Waals surface area contributed by atoms with E-state index in [1.54, 1.807) is 0 Å². The predicted octanol–water partition coefficient (Wildman–Crippen LogP) is 1.99. The van der Waals surface area contributed by atoms with Gasteiger partial charge in [0.1, 0.15) is 0 Å². The van der Waals surface area contributed by atoms with Gasteiger partial charge < -0.3 is 5.11 Å². The number of aryl methyl sites for hydroxylation is 2. The summed E-state index contributed by atoms with van der Waals surface area (Å²) in [5, 5.41) is 8.96. The van der Waals surface area contributed by atoms with E-state index in [0.29, 0.717) is 0 Å². The van der Waals surface area contributed by atoms with Crippen LogP contribution in [-0.2, 0) is 19.4 Å². The molecule has 0 heterocycles. The van der Waals surface area contributed by atoms with E-state index in [2.05, 4.69) is 30.0 Å². The molecule has 0 saturated heterocycles. The summed E-state index contributed by atoms with van der Waals surface area (Å²) in [7, 11) is 0. The van der Waals surface area contributed by atoms with E-state index in [-0.39, 0.29) is 6.61 Å². The third-order valence-electron chi connectivity index (χ3n) is 3.43. The Morgan fingerprint density at radius 3 is 2.81 bits per heavy atom. The fourth-order valence-corrected chi connectivity index (χ4v) is 2.47. The number of aliphatic hydroxyl groups is 1. The van der Waals surface area contributed by atoms with Gasteiger partial charge in [-0.3, -0.25) is 4.90 Å². The summed E-state index contributed by atoms with van der Waals surface area (Å²) in [6, 6.07) is 6.87. The van der Waals surface area contributed by atoms with Crippen molar-refractivity contribution in [3.05, 3.63) is 34.9 Å². The zero-order valence-corrected chi connectivity index (χ0v) is 10.1. The average molecular weight is 219 g/mol. The fourth-order valence-electron chi connectivity index (χ4n) is 2.47. The lowest BCUT2D eigenvalue weighted by Crippen LogP contribution is -2.26. The molecule has 0 atom stereocenters. The van der Waals surface area contributed by atoms with Crippen LogP contribution in [0.1, 0.15) is 30.0 Å². The Bertz CT molecular complexity index is 349. The second-order valence-corrected chi connectivity index (χ2v) is 4.55. The average Bonchev–Trinajstić information content (AvgIpc) is 2.75. The monoisotopic (exact) mass is 219 g/mol. The molecule has 0 spiro atoms. The molecule has 1 N–H and O–H groups in total. The molecule has 88 valence electrons. The quantitative estimate of drug-likeness (QED) is 0.818. The van der Waals surface area contributed by atoms with Gasteiger partial charge in [-0.25, -0.2) is 0 Å². The van der Waals surface area contributed by atoms with Crippen molar-refractivity contribution in [2.45, 2.75) is 32.7 Å². The fraction of sp³-hybridized carbons (Fsp3) is 0.571. The van der Waals surface area contributed by atoms with Crippen molar-refractivity contribution in [1.29, 1.82) is 0 Å². The van der Waals surface area contributed by atoms with Crippen molar-refractivity contribution in [3.8, 4) is 0 Å². The van der Waals surface area contributed by atoms with Crippen LogP contribution in [-0.4, -0.2) is 29.7 Å². The van der Waals surface area contributed by atoms with Crippen LogP contribution < -0.4 is 0 Å². The maximum absolute atomic E-state index is 8.96. The highest BCUT2D eigenvalue weighted by atomic mass is 16.3. The highest BCUT2D eigenvalue weighted by Crippen LogP contribution is 2.23. The summed E-state index contributed by atoms with van der Waals surface area (Å²) in [6.07, 6.45) is 3.81. The number of aliphatic hydroxyl groups excluding tert-OH is 1. The molecule has 0 aliphatic heterocycles. The lowest BCUT2D eigenvalue weighted by Gasteiger charge is -2.19. The first kappa shape index (κ1) is 11.6. The number of benzene rings is 1. The summed E-state index contributed by atoms with van der Waals surface area (Å²) in [5.41, 5.74) is 4.46. The Labute approximate surface area is 97.9 Å². The van der Waals surface area contributed by atoms with E-state index in [1.807, 2.05) is 0 Å². The predicted molar refractivity (Wildman–Crippen MR) is 66.5 cm³/mol. The molecule has 1 aromatic carbocycles. The van der Waals surface area contributed by atoms with Crippen molar-refractivity contribution in [3.63, 3.8) is 0 Å².